The van der Waals surface area contributed by atoms with Gasteiger partial charge in [0.15, 0.2) is 6.29 Å². The highest BCUT2D eigenvalue weighted by Crippen LogP contribution is 2.26. The molecule has 2 aromatic carbocycles. The zero-order valence-electron chi connectivity index (χ0n) is 22.8. The molecule has 212 valence electrons. The zero-order valence-corrected chi connectivity index (χ0v) is 24.3. The first-order chi connectivity index (χ1) is 18.9. The maximum absolute atomic E-state index is 12.6. The van der Waals surface area contributed by atoms with Gasteiger partial charge >= 0.3 is 0 Å². The fourth-order valence-corrected chi connectivity index (χ4v) is 5.03. The number of nitrogens with one attached hydrogen (secondary N) is 2. The van der Waals surface area contributed by atoms with Crippen molar-refractivity contribution in [1.82, 2.24) is 15.6 Å². The third kappa shape index (κ3) is 9.45. The average molecular weight is 605 g/mol. The Balaban J connectivity index is 0.00000260. The number of carbonyl (C=O) groups is 3. The van der Waals surface area contributed by atoms with Gasteiger partial charge in [0.25, 0.3) is 5.91 Å². The first-order valence-electron chi connectivity index (χ1n) is 12.9. The highest BCUT2D eigenvalue weighted by atomic mass is 79.9. The summed E-state index contributed by atoms with van der Waals surface area (Å²) in [6.45, 7) is 5.79. The van der Waals surface area contributed by atoms with E-state index in [1.165, 1.54) is 18.9 Å². The molecule has 1 heterocycles. The van der Waals surface area contributed by atoms with Crippen LogP contribution < -0.4 is 21.2 Å². The molecular weight excluding hydrogens is 566 g/mol. The molecule has 1 fully saturated rings. The quantitative estimate of drug-likeness (QED) is 0.0958. The van der Waals surface area contributed by atoms with Crippen LogP contribution in [-0.2, 0) is 22.4 Å². The normalized spacial score (nSPS) is 13.3. The monoisotopic (exact) mass is 603 g/mol. The molecule has 39 heavy (non-hydrogen) atoms. The maximum atomic E-state index is 12.6. The van der Waals surface area contributed by atoms with Gasteiger partial charge in [-0.25, -0.2) is 5.43 Å². The molecule has 1 aliphatic rings. The third-order valence-corrected chi connectivity index (χ3v) is 6.90. The predicted octanol–water partition coefficient (Wildman–Crippen LogP) is 2.69. The van der Waals surface area contributed by atoms with Gasteiger partial charge in [-0.05, 0) is 90.6 Å². The Labute approximate surface area is 238 Å². The van der Waals surface area contributed by atoms with Crippen LogP contribution in [0.1, 0.15) is 53.2 Å². The molecule has 1 saturated heterocycles. The summed E-state index contributed by atoms with van der Waals surface area (Å²) in [5.41, 5.74) is 11.2. The van der Waals surface area contributed by atoms with Crippen molar-refractivity contribution >= 4 is 45.4 Å². The number of rotatable bonds is 12. The van der Waals surface area contributed by atoms with E-state index >= 15 is 0 Å². The molecule has 0 bridgehead atoms. The number of hydrogen-bond donors (Lipinski definition) is 4. The molecule has 10 nitrogen and oxygen atoms in total. The van der Waals surface area contributed by atoms with Crippen LogP contribution in [0.2, 0.25) is 0 Å². The van der Waals surface area contributed by atoms with Crippen LogP contribution in [0.5, 0.6) is 5.75 Å². The minimum absolute atomic E-state index is 0.0562. The number of benzene rings is 2. The number of methoxy groups -OCH3 is 1. The summed E-state index contributed by atoms with van der Waals surface area (Å²) >= 11 is 3.39. The lowest BCUT2D eigenvalue weighted by atomic mass is 10.0. The van der Waals surface area contributed by atoms with E-state index in [-0.39, 0.29) is 29.6 Å². The number of aldehydes is 1. The summed E-state index contributed by atoms with van der Waals surface area (Å²) in [6, 6.07) is 8.64. The van der Waals surface area contributed by atoms with Gasteiger partial charge in [0.1, 0.15) is 11.5 Å². The number of ether oxygens (including phenoxy) is 1. The van der Waals surface area contributed by atoms with E-state index in [0.717, 1.165) is 56.5 Å². The van der Waals surface area contributed by atoms with Crippen LogP contribution in [-0.4, -0.2) is 74.2 Å². The molecule has 1 aliphatic heterocycles. The predicted molar refractivity (Wildman–Crippen MR) is 156 cm³/mol. The highest BCUT2D eigenvalue weighted by molar-refractivity contribution is 9.10. The number of aliphatic hydroxyl groups excluding tert-OH is 1. The smallest absolute Gasteiger partial charge is 0.251 e. The van der Waals surface area contributed by atoms with Crippen LogP contribution in [0.3, 0.4) is 0 Å². The Morgan fingerprint density at radius 1 is 1.21 bits per heavy atom. The van der Waals surface area contributed by atoms with Gasteiger partial charge in [-0.15, -0.1) is 0 Å². The molecule has 0 unspecified atom stereocenters. The third-order valence-electron chi connectivity index (χ3n) is 6.28. The van der Waals surface area contributed by atoms with Gasteiger partial charge in [-0.1, -0.05) is 19.1 Å². The molecular formula is C28H38BrN5O5. The molecule has 0 aliphatic carbocycles. The van der Waals surface area contributed by atoms with E-state index in [9.17, 15) is 14.4 Å². The van der Waals surface area contributed by atoms with Crippen molar-refractivity contribution < 1.29 is 24.2 Å². The van der Waals surface area contributed by atoms with Gasteiger partial charge in [0.05, 0.1) is 13.5 Å². The number of nitrogen functional groups attached to an aromatic ring is 1. The highest BCUT2D eigenvalue weighted by Gasteiger charge is 2.17. The second kappa shape index (κ2) is 16.6. The molecule has 5 N–H and O–H groups in total. The minimum atomic E-state index is -0.383. The van der Waals surface area contributed by atoms with Gasteiger partial charge in [-0.2, -0.15) is 5.10 Å². The first-order valence-corrected chi connectivity index (χ1v) is 13.7. The number of hydrazone groups is 1. The Kier molecular flexibility index (Phi) is 13.6. The Bertz CT molecular complexity index is 1140. The number of aryl methyl sites for hydroxylation is 1. The lowest BCUT2D eigenvalue weighted by Crippen LogP contribution is -2.29. The largest absolute Gasteiger partial charge is 0.496 e. The van der Waals surface area contributed by atoms with Crippen molar-refractivity contribution in [2.45, 2.75) is 39.0 Å². The number of amides is 2. The van der Waals surface area contributed by atoms with E-state index in [1.807, 2.05) is 25.1 Å². The molecule has 0 spiro atoms. The number of likely N-dealkylation sites (tertiary alicyclic amines) is 1. The molecule has 2 aromatic rings. The lowest BCUT2D eigenvalue weighted by Gasteiger charge is -2.15. The SMILES string of the molecule is CCc1cc(CC(=O)N/N=C(\C=O)c2c(N)cc(C(=O)NCCCN3CCCC3)cc2Br)ccc1OC.CO. The zero-order chi connectivity index (χ0) is 28.8. The summed E-state index contributed by atoms with van der Waals surface area (Å²) in [5.74, 6) is 0.142. The summed E-state index contributed by atoms with van der Waals surface area (Å²) in [7, 11) is 2.61. The van der Waals surface area contributed by atoms with E-state index in [0.29, 0.717) is 28.4 Å². The van der Waals surface area contributed by atoms with Crippen molar-refractivity contribution in [2.24, 2.45) is 5.10 Å². The summed E-state index contributed by atoms with van der Waals surface area (Å²) in [4.78, 5) is 39.3. The Morgan fingerprint density at radius 3 is 2.54 bits per heavy atom. The average Bonchev–Trinajstić information content (AvgIpc) is 3.47. The maximum Gasteiger partial charge on any atom is 0.251 e. The second-order valence-electron chi connectivity index (χ2n) is 8.91. The van der Waals surface area contributed by atoms with Gasteiger partial charge in [0, 0.05) is 34.9 Å². The Hall–Kier alpha value is -3.28. The van der Waals surface area contributed by atoms with Crippen molar-refractivity contribution in [3.63, 3.8) is 0 Å². The molecule has 0 aromatic heterocycles. The Morgan fingerprint density at radius 2 is 1.92 bits per heavy atom. The van der Waals surface area contributed by atoms with Crippen molar-refractivity contribution in [3.8, 4) is 5.75 Å². The van der Waals surface area contributed by atoms with Gasteiger partial charge in [0.2, 0.25) is 5.91 Å². The second-order valence-corrected chi connectivity index (χ2v) is 9.76. The van der Waals surface area contributed by atoms with Crippen LogP contribution in [0.15, 0.2) is 39.9 Å². The van der Waals surface area contributed by atoms with Crippen LogP contribution in [0.4, 0.5) is 5.69 Å². The number of anilines is 1. The molecule has 3 rings (SSSR count). The van der Waals surface area contributed by atoms with Gasteiger partial charge in [-0.3, -0.25) is 14.4 Å². The van der Waals surface area contributed by atoms with E-state index in [4.69, 9.17) is 15.6 Å². The standard InChI is InChI=1S/C27H34BrN5O4.CH4O/c1-3-19-13-18(7-8-24(19)37-2)14-25(35)32-31-23(17-34)26-21(28)15-20(16-22(26)29)27(36)30-9-6-12-33-10-4-5-11-33;1-2/h7-8,13,15-17H,3-6,9-12,14,29H2,1-2H3,(H,30,36)(H,32,35);2H,1H3/b31-23+;. The van der Waals surface area contributed by atoms with Crippen LogP contribution in [0.25, 0.3) is 0 Å². The summed E-state index contributed by atoms with van der Waals surface area (Å²) in [6.07, 6.45) is 4.72. The van der Waals surface area contributed by atoms with Crippen molar-refractivity contribution in [3.05, 3.63) is 57.1 Å². The van der Waals surface area contributed by atoms with E-state index < -0.39 is 0 Å². The first kappa shape index (κ1) is 31.9. The fraction of sp³-hybridized carbons (Fsp3) is 0.429. The van der Waals surface area contributed by atoms with E-state index in [2.05, 4.69) is 36.7 Å². The van der Waals surface area contributed by atoms with Gasteiger partial charge < -0.3 is 25.8 Å². The number of aliphatic hydroxyl groups is 1. The van der Waals surface area contributed by atoms with Crippen molar-refractivity contribution in [2.75, 3.05) is 46.1 Å². The van der Waals surface area contributed by atoms with E-state index in [1.54, 1.807) is 13.2 Å². The summed E-state index contributed by atoms with van der Waals surface area (Å²) < 4.78 is 5.75. The molecule has 0 radical (unpaired) electrons. The minimum Gasteiger partial charge on any atom is -0.496 e. The number of carbonyl (C=O) groups excluding carboxylic acids is 3. The lowest BCUT2D eigenvalue weighted by molar-refractivity contribution is -0.120. The number of halogens is 1. The topological polar surface area (TPSA) is 146 Å². The number of hydrogen-bond acceptors (Lipinski definition) is 8. The summed E-state index contributed by atoms with van der Waals surface area (Å²) in [5, 5.41) is 13.9. The number of nitrogens with two attached hydrogens (primary N) is 1. The fourth-order valence-electron chi connectivity index (χ4n) is 4.35. The van der Waals surface area contributed by atoms with Crippen LogP contribution >= 0.6 is 15.9 Å². The van der Waals surface area contributed by atoms with Crippen LogP contribution in [0, 0.1) is 0 Å². The molecule has 11 heteroatoms. The number of nitrogens with zero attached hydrogens (tertiary/aromatic N) is 2. The molecule has 2 amide bonds. The molecule has 0 saturated carbocycles. The van der Waals surface area contributed by atoms with Crippen molar-refractivity contribution in [1.29, 1.82) is 0 Å². The molecule has 0 atom stereocenters.